The molecule has 25 heavy (non-hydrogen) atoms. The van der Waals surface area contributed by atoms with Crippen LogP contribution >= 0.6 is 11.9 Å². The summed E-state index contributed by atoms with van der Waals surface area (Å²) in [5.41, 5.74) is 2.03. The summed E-state index contributed by atoms with van der Waals surface area (Å²) in [7, 11) is 0. The number of nitrogens with one attached hydrogen (secondary N) is 1. The van der Waals surface area contributed by atoms with Gasteiger partial charge in [-0.3, -0.25) is 9.98 Å². The molecule has 0 aliphatic carbocycles. The number of hydrogen-bond acceptors (Lipinski definition) is 4. The average molecular weight is 359 g/mol. The van der Waals surface area contributed by atoms with Crippen LogP contribution in [-0.4, -0.2) is 35.5 Å². The number of benzene rings is 1. The van der Waals surface area contributed by atoms with Crippen LogP contribution in [0.4, 0.5) is 5.69 Å². The van der Waals surface area contributed by atoms with E-state index in [-0.39, 0.29) is 6.04 Å². The Hall–Kier alpha value is -1.59. The second-order valence-electron chi connectivity index (χ2n) is 6.80. The average Bonchev–Trinajstić information content (AvgIpc) is 2.56. The van der Waals surface area contributed by atoms with Crippen molar-refractivity contribution >= 4 is 30.2 Å². The van der Waals surface area contributed by atoms with Gasteiger partial charge in [-0.05, 0) is 77.4 Å². The van der Waals surface area contributed by atoms with E-state index in [4.69, 9.17) is 0 Å². The van der Waals surface area contributed by atoms with Gasteiger partial charge in [-0.15, -0.1) is 0 Å². The Balaban J connectivity index is 2.13. The molecule has 1 fully saturated rings. The van der Waals surface area contributed by atoms with Crippen LogP contribution in [0, 0.1) is 0 Å². The second kappa shape index (κ2) is 9.78. The van der Waals surface area contributed by atoms with Crippen molar-refractivity contribution in [2.24, 2.45) is 9.98 Å². The summed E-state index contributed by atoms with van der Waals surface area (Å²) in [6.45, 7) is 13.2. The maximum Gasteiger partial charge on any atom is 0.130 e. The quantitative estimate of drug-likeness (QED) is 0.421. The van der Waals surface area contributed by atoms with Crippen LogP contribution < -0.4 is 5.32 Å². The molecule has 1 aromatic rings. The Morgan fingerprint density at radius 2 is 2.20 bits per heavy atom. The Kier molecular flexibility index (Phi) is 7.72. The Morgan fingerprint density at radius 3 is 2.88 bits per heavy atom. The minimum absolute atomic E-state index is 0.211. The minimum Gasteiger partial charge on any atom is -0.340 e. The molecule has 0 spiro atoms. The molecule has 5 heteroatoms. The summed E-state index contributed by atoms with van der Waals surface area (Å²) in [6.07, 6.45) is 5.66. The van der Waals surface area contributed by atoms with Gasteiger partial charge in [0.2, 0.25) is 0 Å². The largest absolute Gasteiger partial charge is 0.340 e. The lowest BCUT2D eigenvalue weighted by Crippen LogP contribution is -2.31. The van der Waals surface area contributed by atoms with Crippen molar-refractivity contribution in [1.29, 1.82) is 0 Å². The van der Waals surface area contributed by atoms with Gasteiger partial charge in [0.25, 0.3) is 0 Å². The van der Waals surface area contributed by atoms with Gasteiger partial charge in [-0.1, -0.05) is 12.5 Å². The summed E-state index contributed by atoms with van der Waals surface area (Å²) < 4.78 is 2.50. The third-order valence-electron chi connectivity index (χ3n) is 4.11. The molecule has 0 amide bonds. The molecule has 0 aromatic heterocycles. The van der Waals surface area contributed by atoms with E-state index in [1.807, 2.05) is 18.9 Å². The first-order valence-corrected chi connectivity index (χ1v) is 9.79. The van der Waals surface area contributed by atoms with Crippen molar-refractivity contribution in [2.75, 3.05) is 11.9 Å². The summed E-state index contributed by atoms with van der Waals surface area (Å²) in [6, 6.07) is 9.38. The van der Waals surface area contributed by atoms with E-state index in [1.165, 1.54) is 24.2 Å². The molecule has 1 unspecified atom stereocenters. The predicted molar refractivity (Wildman–Crippen MR) is 112 cm³/mol. The van der Waals surface area contributed by atoms with Gasteiger partial charge >= 0.3 is 0 Å². The lowest BCUT2D eigenvalue weighted by atomic mass is 10.1. The summed E-state index contributed by atoms with van der Waals surface area (Å²) in [4.78, 5) is 9.80. The standard InChI is InChI=1S/C20H30N4S/c1-15(2)22-20(16(3)14-21-5)23-18-10-8-11-19(13-18)25-24-12-7-6-9-17(24)4/h8,10-11,13-15,17H,5-7,9,12H2,1-4H3,(H,22,23)/b16-14-. The molecule has 0 radical (unpaired) electrons. The van der Waals surface area contributed by atoms with Crippen LogP contribution in [-0.2, 0) is 0 Å². The highest BCUT2D eigenvalue weighted by Gasteiger charge is 2.19. The Morgan fingerprint density at radius 1 is 1.40 bits per heavy atom. The maximum absolute atomic E-state index is 4.68. The lowest BCUT2D eigenvalue weighted by molar-refractivity contribution is 0.292. The fraction of sp³-hybridized carbons (Fsp3) is 0.500. The molecule has 0 saturated carbocycles. The molecule has 136 valence electrons. The van der Waals surface area contributed by atoms with E-state index < -0.39 is 0 Å². The molecule has 2 rings (SSSR count). The zero-order chi connectivity index (χ0) is 18.2. The van der Waals surface area contributed by atoms with Crippen molar-refractivity contribution < 1.29 is 0 Å². The van der Waals surface area contributed by atoms with E-state index in [1.54, 1.807) is 6.20 Å². The van der Waals surface area contributed by atoms with Gasteiger partial charge in [0.05, 0.1) is 0 Å². The first kappa shape index (κ1) is 19.7. The lowest BCUT2D eigenvalue weighted by Gasteiger charge is -2.32. The number of aliphatic imine (C=N–C) groups is 2. The van der Waals surface area contributed by atoms with Gasteiger partial charge in [0.15, 0.2) is 0 Å². The molecule has 1 aromatic carbocycles. The molecule has 1 saturated heterocycles. The SMILES string of the molecule is C=N/C=C(/C)C(=NC(C)C)Nc1cccc(SN2CCCCC2C)c1. The van der Waals surface area contributed by atoms with Crippen LogP contribution in [0.2, 0.25) is 0 Å². The van der Waals surface area contributed by atoms with Crippen molar-refractivity contribution in [3.05, 3.63) is 36.0 Å². The van der Waals surface area contributed by atoms with E-state index >= 15 is 0 Å². The van der Waals surface area contributed by atoms with Crippen molar-refractivity contribution in [2.45, 2.75) is 63.9 Å². The summed E-state index contributed by atoms with van der Waals surface area (Å²) in [5.74, 6) is 0.843. The molecular formula is C20H30N4S. The van der Waals surface area contributed by atoms with Gasteiger partial charge < -0.3 is 5.32 Å². The number of rotatable bonds is 6. The zero-order valence-corrected chi connectivity index (χ0v) is 16.6. The van der Waals surface area contributed by atoms with Gasteiger partial charge in [-0.2, -0.15) is 0 Å². The smallest absolute Gasteiger partial charge is 0.130 e. The van der Waals surface area contributed by atoms with E-state index in [2.05, 4.69) is 71.4 Å². The van der Waals surface area contributed by atoms with Crippen molar-refractivity contribution in [3.63, 3.8) is 0 Å². The summed E-state index contributed by atoms with van der Waals surface area (Å²) >= 11 is 1.86. The highest BCUT2D eigenvalue weighted by atomic mass is 32.2. The predicted octanol–water partition coefficient (Wildman–Crippen LogP) is 5.39. The summed E-state index contributed by atoms with van der Waals surface area (Å²) in [5, 5.41) is 3.45. The van der Waals surface area contributed by atoms with Gasteiger partial charge in [0, 0.05) is 41.0 Å². The second-order valence-corrected chi connectivity index (χ2v) is 7.92. The molecule has 0 bridgehead atoms. The van der Waals surface area contributed by atoms with Crippen LogP contribution in [0.15, 0.2) is 50.9 Å². The van der Waals surface area contributed by atoms with Crippen LogP contribution in [0.3, 0.4) is 0 Å². The zero-order valence-electron chi connectivity index (χ0n) is 15.8. The molecule has 1 heterocycles. The maximum atomic E-state index is 4.68. The number of hydrogen-bond donors (Lipinski definition) is 1. The Labute approximate surface area is 156 Å². The topological polar surface area (TPSA) is 40.0 Å². The van der Waals surface area contributed by atoms with E-state index in [0.717, 1.165) is 23.6 Å². The molecular weight excluding hydrogens is 328 g/mol. The number of nitrogens with zero attached hydrogens (tertiary/aromatic N) is 3. The number of amidine groups is 1. The monoisotopic (exact) mass is 358 g/mol. The van der Waals surface area contributed by atoms with E-state index in [9.17, 15) is 0 Å². The fourth-order valence-electron chi connectivity index (χ4n) is 2.80. The number of anilines is 1. The van der Waals surface area contributed by atoms with Gasteiger partial charge in [-0.25, -0.2) is 4.31 Å². The van der Waals surface area contributed by atoms with Crippen LogP contribution in [0.25, 0.3) is 0 Å². The first-order chi connectivity index (χ1) is 12.0. The van der Waals surface area contributed by atoms with Crippen LogP contribution in [0.5, 0.6) is 0 Å². The molecule has 1 aliphatic heterocycles. The molecule has 4 nitrogen and oxygen atoms in total. The molecule has 1 aliphatic rings. The third-order valence-corrected chi connectivity index (χ3v) is 5.35. The minimum atomic E-state index is 0.211. The van der Waals surface area contributed by atoms with Crippen molar-refractivity contribution in [1.82, 2.24) is 4.31 Å². The number of piperidine rings is 1. The third kappa shape index (κ3) is 6.33. The van der Waals surface area contributed by atoms with Crippen LogP contribution in [0.1, 0.15) is 47.0 Å². The highest BCUT2D eigenvalue weighted by molar-refractivity contribution is 7.97. The van der Waals surface area contributed by atoms with Gasteiger partial charge in [0.1, 0.15) is 5.84 Å². The molecule has 1 atom stereocenters. The van der Waals surface area contributed by atoms with E-state index in [0.29, 0.717) is 6.04 Å². The highest BCUT2D eigenvalue weighted by Crippen LogP contribution is 2.31. The fourth-order valence-corrected chi connectivity index (χ4v) is 3.89. The molecule has 1 N–H and O–H groups in total. The Bertz CT molecular complexity index is 636. The normalized spacial score (nSPS) is 20.0. The first-order valence-electron chi connectivity index (χ1n) is 9.02. The van der Waals surface area contributed by atoms with Crippen molar-refractivity contribution in [3.8, 4) is 0 Å².